The molecule has 21 nitrogen and oxygen atoms in total. The molecule has 2 aromatic rings. The van der Waals surface area contributed by atoms with Crippen LogP contribution in [0.1, 0.15) is 83.3 Å². The zero-order valence-corrected chi connectivity index (χ0v) is 45.2. The number of carbonyl (C=O) groups excluding carboxylic acids is 7. The Hall–Kier alpha value is -5.65. The molecule has 2 aromatic carbocycles. The number of amides is 3. The van der Waals surface area contributed by atoms with Crippen molar-refractivity contribution in [3.05, 3.63) is 71.8 Å². The van der Waals surface area contributed by atoms with E-state index in [-0.39, 0.29) is 67.9 Å². The van der Waals surface area contributed by atoms with Crippen LogP contribution >= 0.6 is 0 Å². The minimum absolute atomic E-state index is 0.0182. The van der Waals surface area contributed by atoms with Crippen molar-refractivity contribution in [2.45, 2.75) is 91.7 Å². The molecule has 0 radical (unpaired) electrons. The van der Waals surface area contributed by atoms with Crippen molar-refractivity contribution in [1.29, 1.82) is 0 Å². The second kappa shape index (κ2) is 43.5. The largest absolute Gasteiger partial charge is 0.514 e. The minimum Gasteiger partial charge on any atom is -0.466 e. The number of hydrogen-bond donors (Lipinski definition) is 3. The Labute approximate surface area is 448 Å². The minimum atomic E-state index is -0.830. The normalized spacial score (nSPS) is 12.0. The number of carbonyl (C=O) groups is 7. The van der Waals surface area contributed by atoms with Gasteiger partial charge in [-0.2, -0.15) is 0 Å². The predicted molar refractivity (Wildman–Crippen MR) is 281 cm³/mol. The maximum Gasteiger partial charge on any atom is 0.514 e. The van der Waals surface area contributed by atoms with E-state index in [1.54, 1.807) is 43.3 Å². The van der Waals surface area contributed by atoms with Gasteiger partial charge in [0.25, 0.3) is 0 Å². The van der Waals surface area contributed by atoms with Crippen molar-refractivity contribution in [2.75, 3.05) is 125 Å². The van der Waals surface area contributed by atoms with Gasteiger partial charge in [-0.1, -0.05) is 63.4 Å². The number of methoxy groups -OCH3 is 1. The van der Waals surface area contributed by atoms with Crippen LogP contribution in [0.25, 0.3) is 0 Å². The molecule has 2 rings (SSSR count). The van der Waals surface area contributed by atoms with Crippen LogP contribution in [-0.4, -0.2) is 167 Å². The lowest BCUT2D eigenvalue weighted by Gasteiger charge is -2.23. The zero-order valence-electron chi connectivity index (χ0n) is 45.2. The second-order valence-electron chi connectivity index (χ2n) is 17.7. The van der Waals surface area contributed by atoms with Crippen LogP contribution in [0.4, 0.5) is 10.5 Å². The van der Waals surface area contributed by atoms with Crippen LogP contribution < -0.4 is 20.7 Å². The fraction of sp³-hybridized carbons (Fsp3) is 0.618. The quantitative estimate of drug-likeness (QED) is 0.0313. The maximum atomic E-state index is 13.2. The Kier molecular flexibility index (Phi) is 38.0. The van der Waals surface area contributed by atoms with E-state index >= 15 is 0 Å². The Balaban J connectivity index is 1.33. The molecule has 0 aromatic heterocycles. The molecular weight excluding hydrogens is 991 g/mol. The molecule has 426 valence electrons. The highest BCUT2D eigenvalue weighted by molar-refractivity contribution is 5.97. The van der Waals surface area contributed by atoms with E-state index in [1.165, 1.54) is 13.2 Å². The van der Waals surface area contributed by atoms with Gasteiger partial charge >= 0.3 is 12.1 Å². The Morgan fingerprint density at radius 2 is 1.05 bits per heavy atom. The van der Waals surface area contributed by atoms with Gasteiger partial charge in [0.1, 0.15) is 12.4 Å². The van der Waals surface area contributed by atoms with E-state index in [2.05, 4.69) is 20.7 Å². The monoisotopic (exact) mass is 1070 g/mol. The lowest BCUT2D eigenvalue weighted by Crippen LogP contribution is -2.45. The number of aryl methyl sites for hydroxylation is 1. The summed E-state index contributed by atoms with van der Waals surface area (Å²) < 4.78 is 58.8. The van der Waals surface area contributed by atoms with Crippen LogP contribution in [0.2, 0.25) is 0 Å². The van der Waals surface area contributed by atoms with Crippen molar-refractivity contribution >= 4 is 47.1 Å². The summed E-state index contributed by atoms with van der Waals surface area (Å²) in [6.07, 6.45) is 5.42. The molecule has 21 heteroatoms. The molecule has 0 saturated carbocycles. The van der Waals surface area contributed by atoms with E-state index in [4.69, 9.17) is 47.4 Å². The van der Waals surface area contributed by atoms with Crippen molar-refractivity contribution in [3.63, 3.8) is 0 Å². The van der Waals surface area contributed by atoms with Gasteiger partial charge in [-0.15, -0.1) is 0 Å². The van der Waals surface area contributed by atoms with E-state index in [9.17, 15) is 33.6 Å². The van der Waals surface area contributed by atoms with E-state index in [0.717, 1.165) is 30.9 Å². The summed E-state index contributed by atoms with van der Waals surface area (Å²) in [5, 5.41) is 8.42. The van der Waals surface area contributed by atoms with Gasteiger partial charge in [0.15, 0.2) is 11.6 Å². The third-order valence-corrected chi connectivity index (χ3v) is 10.9. The molecule has 0 saturated heterocycles. The summed E-state index contributed by atoms with van der Waals surface area (Å²) in [6.45, 7) is 13.8. The van der Waals surface area contributed by atoms with Gasteiger partial charge in [0.05, 0.1) is 119 Å². The molecule has 2 atom stereocenters. The number of esters is 1. The SMILES string of the molecule is COC(=O)/C=C\C(=O)CCCCCCC(=O)NCCOCCOCCOCCOCCOCCOCCOCCOCCC(=O)NC(C(=O)CC(C)C(=O)Nc1ccc(COC(=O)Oc2ccc(C)cc2)cc1)C(C)C. The van der Waals surface area contributed by atoms with Crippen molar-refractivity contribution in [3.8, 4) is 5.75 Å². The Morgan fingerprint density at radius 1 is 0.553 bits per heavy atom. The Bertz CT molecular complexity index is 1960. The topological polar surface area (TPSA) is 257 Å². The predicted octanol–water partition coefficient (Wildman–Crippen LogP) is 5.66. The standard InChI is InChI=1S/C55H83N3O18/c1-42(2)53(49(60)40-44(4)54(64)57-46-16-14-45(15-17-46)41-75-55(65)76-48-19-12-43(3)13-20-48)58-51(62)22-24-67-26-28-69-30-32-71-34-36-73-38-39-74-37-35-72-33-31-70-29-27-68-25-23-56-50(61)11-9-7-6-8-10-47(59)18-21-52(63)66-5/h12-21,42,44,53H,6-11,22-41H2,1-5H3,(H,56,61)(H,57,64)(H,58,62)/b21-18-. The zero-order chi connectivity index (χ0) is 55.4. The fourth-order valence-corrected chi connectivity index (χ4v) is 6.62. The highest BCUT2D eigenvalue weighted by Gasteiger charge is 2.27. The number of ketones is 2. The smallest absolute Gasteiger partial charge is 0.466 e. The summed E-state index contributed by atoms with van der Waals surface area (Å²) in [6, 6.07) is 13.0. The van der Waals surface area contributed by atoms with Crippen molar-refractivity contribution in [2.24, 2.45) is 11.8 Å². The van der Waals surface area contributed by atoms with Crippen LogP contribution in [0, 0.1) is 18.8 Å². The molecular formula is C55H83N3O18. The summed E-state index contributed by atoms with van der Waals surface area (Å²) in [5.74, 6) is -2.10. The summed E-state index contributed by atoms with van der Waals surface area (Å²) in [4.78, 5) is 85.5. The van der Waals surface area contributed by atoms with Gasteiger partial charge in [-0.05, 0) is 61.6 Å². The van der Waals surface area contributed by atoms with Gasteiger partial charge in [-0.3, -0.25) is 24.0 Å². The van der Waals surface area contributed by atoms with Gasteiger partial charge < -0.3 is 68.1 Å². The lowest BCUT2D eigenvalue weighted by atomic mass is 9.92. The van der Waals surface area contributed by atoms with E-state index < -0.39 is 24.1 Å². The number of anilines is 1. The maximum absolute atomic E-state index is 13.2. The number of rotatable bonds is 46. The first-order valence-corrected chi connectivity index (χ1v) is 26.1. The fourth-order valence-electron chi connectivity index (χ4n) is 6.62. The first-order valence-electron chi connectivity index (χ1n) is 26.1. The molecule has 0 aliphatic rings. The molecule has 2 unspecified atom stereocenters. The number of unbranched alkanes of at least 4 members (excludes halogenated alkanes) is 3. The Morgan fingerprint density at radius 3 is 1.57 bits per heavy atom. The van der Waals surface area contributed by atoms with Crippen LogP contribution in [0.5, 0.6) is 5.75 Å². The number of benzene rings is 2. The molecule has 3 N–H and O–H groups in total. The van der Waals surface area contributed by atoms with Crippen molar-refractivity contribution in [1.82, 2.24) is 10.6 Å². The highest BCUT2D eigenvalue weighted by Crippen LogP contribution is 2.17. The highest BCUT2D eigenvalue weighted by atomic mass is 16.7. The van der Waals surface area contributed by atoms with Crippen LogP contribution in [0.15, 0.2) is 60.7 Å². The molecule has 0 spiro atoms. The van der Waals surface area contributed by atoms with Gasteiger partial charge in [0.2, 0.25) is 17.7 Å². The third kappa shape index (κ3) is 35.6. The first kappa shape index (κ1) is 66.5. The molecule has 0 heterocycles. The molecule has 76 heavy (non-hydrogen) atoms. The molecule has 0 aliphatic heterocycles. The number of hydrogen-bond acceptors (Lipinski definition) is 18. The second-order valence-corrected chi connectivity index (χ2v) is 17.7. The molecule has 3 amide bonds. The van der Waals surface area contributed by atoms with Gasteiger partial charge in [-0.25, -0.2) is 9.59 Å². The summed E-state index contributed by atoms with van der Waals surface area (Å²) in [5.41, 5.74) is 2.24. The third-order valence-electron chi connectivity index (χ3n) is 10.9. The summed E-state index contributed by atoms with van der Waals surface area (Å²) in [7, 11) is 1.26. The first-order chi connectivity index (χ1) is 36.8. The van der Waals surface area contributed by atoms with E-state index in [1.807, 2.05) is 32.9 Å². The number of ether oxygens (including phenoxy) is 11. The lowest BCUT2D eigenvalue weighted by molar-refractivity contribution is -0.135. The number of nitrogens with one attached hydrogen (secondary N) is 3. The molecule has 0 fully saturated rings. The van der Waals surface area contributed by atoms with E-state index in [0.29, 0.717) is 135 Å². The summed E-state index contributed by atoms with van der Waals surface area (Å²) >= 11 is 0. The molecule has 0 bridgehead atoms. The van der Waals surface area contributed by atoms with Gasteiger partial charge in [0, 0.05) is 49.9 Å². The molecule has 0 aliphatic carbocycles. The van der Waals surface area contributed by atoms with Crippen LogP contribution in [-0.2, 0) is 82.7 Å². The number of allylic oxidation sites excluding steroid dienone is 1. The average Bonchev–Trinajstić information content (AvgIpc) is 3.40. The van der Waals surface area contributed by atoms with Crippen molar-refractivity contribution < 1.29 is 85.7 Å². The number of Topliss-reactive ketones (excluding diaryl/α,β-unsaturated/α-hetero) is 1. The van der Waals surface area contributed by atoms with Crippen LogP contribution in [0.3, 0.4) is 0 Å². The average molecular weight is 1070 g/mol.